The third-order valence-corrected chi connectivity index (χ3v) is 1.97. The maximum atomic E-state index is 5.88. The lowest BCUT2D eigenvalue weighted by atomic mass is 10.2. The van der Waals surface area contributed by atoms with Crippen LogP contribution in [0.3, 0.4) is 0 Å². The number of benzene rings is 1. The molecule has 3 heteroatoms. The van der Waals surface area contributed by atoms with Gasteiger partial charge in [0.1, 0.15) is 0 Å². The summed E-state index contributed by atoms with van der Waals surface area (Å²) in [4.78, 5) is 0. The van der Waals surface area contributed by atoms with Crippen molar-refractivity contribution < 1.29 is 0 Å². The van der Waals surface area contributed by atoms with Crippen LogP contribution in [0.25, 0.3) is 6.08 Å². The Labute approximate surface area is 81.8 Å². The summed E-state index contributed by atoms with van der Waals surface area (Å²) in [6.07, 6.45) is 3.69. The van der Waals surface area contributed by atoms with Gasteiger partial charge in [0.25, 0.3) is 0 Å². The van der Waals surface area contributed by atoms with Crippen molar-refractivity contribution in [3.63, 3.8) is 0 Å². The molecule has 0 amide bonds. The molecule has 1 aromatic rings. The zero-order valence-electron chi connectivity index (χ0n) is 6.43. The zero-order chi connectivity index (χ0) is 8.97. The maximum absolute atomic E-state index is 5.88. The van der Waals surface area contributed by atoms with Crippen molar-refractivity contribution >= 4 is 29.3 Å². The van der Waals surface area contributed by atoms with E-state index < -0.39 is 0 Å². The van der Waals surface area contributed by atoms with Crippen LogP contribution in [0.15, 0.2) is 24.3 Å². The molecule has 0 spiro atoms. The van der Waals surface area contributed by atoms with Crippen LogP contribution in [-0.2, 0) is 0 Å². The molecular formula is C9H9Cl2N. The van der Waals surface area contributed by atoms with Crippen LogP contribution in [-0.4, -0.2) is 6.54 Å². The summed E-state index contributed by atoms with van der Waals surface area (Å²) >= 11 is 11.7. The van der Waals surface area contributed by atoms with E-state index in [0.29, 0.717) is 16.6 Å². The van der Waals surface area contributed by atoms with Crippen molar-refractivity contribution in [3.8, 4) is 0 Å². The van der Waals surface area contributed by atoms with Crippen molar-refractivity contribution in [1.82, 2.24) is 0 Å². The van der Waals surface area contributed by atoms with Gasteiger partial charge in [-0.05, 0) is 23.8 Å². The summed E-state index contributed by atoms with van der Waals surface area (Å²) in [6.45, 7) is 0.503. The lowest BCUT2D eigenvalue weighted by molar-refractivity contribution is 1.26. The number of hydrogen-bond acceptors (Lipinski definition) is 1. The summed E-state index contributed by atoms with van der Waals surface area (Å²) in [7, 11) is 0. The van der Waals surface area contributed by atoms with Crippen molar-refractivity contribution in [2.45, 2.75) is 0 Å². The normalized spacial score (nSPS) is 10.9. The molecule has 1 rings (SSSR count). The highest BCUT2D eigenvalue weighted by Crippen LogP contribution is 2.21. The van der Waals surface area contributed by atoms with E-state index in [4.69, 9.17) is 28.9 Å². The molecule has 0 atom stereocenters. The van der Waals surface area contributed by atoms with Crippen molar-refractivity contribution in [2.24, 2.45) is 5.73 Å². The monoisotopic (exact) mass is 201 g/mol. The lowest BCUT2D eigenvalue weighted by Gasteiger charge is -1.97. The van der Waals surface area contributed by atoms with Crippen molar-refractivity contribution in [2.75, 3.05) is 6.54 Å². The van der Waals surface area contributed by atoms with Gasteiger partial charge >= 0.3 is 0 Å². The van der Waals surface area contributed by atoms with Crippen LogP contribution in [0.1, 0.15) is 5.56 Å². The van der Waals surface area contributed by atoms with Crippen molar-refractivity contribution in [3.05, 3.63) is 39.9 Å². The standard InChI is InChI=1S/C9H9Cl2N/c10-8-3-4-9(11)7(6-8)2-1-5-12/h1-4,6H,5,12H2. The molecule has 64 valence electrons. The second kappa shape index (κ2) is 4.51. The summed E-state index contributed by atoms with van der Waals surface area (Å²) in [5, 5.41) is 1.36. The largest absolute Gasteiger partial charge is 0.327 e. The second-order valence-electron chi connectivity index (χ2n) is 2.30. The summed E-state index contributed by atoms with van der Waals surface area (Å²) in [5.41, 5.74) is 6.20. The van der Waals surface area contributed by atoms with Gasteiger partial charge in [-0.25, -0.2) is 0 Å². The fourth-order valence-corrected chi connectivity index (χ4v) is 1.20. The Hall–Kier alpha value is -0.500. The van der Waals surface area contributed by atoms with Crippen LogP contribution < -0.4 is 5.73 Å². The molecule has 0 radical (unpaired) electrons. The first-order valence-electron chi connectivity index (χ1n) is 3.55. The van der Waals surface area contributed by atoms with Crippen LogP contribution in [0.5, 0.6) is 0 Å². The Bertz CT molecular complexity index is 295. The molecule has 0 bridgehead atoms. The Morgan fingerprint density at radius 3 is 2.75 bits per heavy atom. The van der Waals surface area contributed by atoms with Gasteiger partial charge in [-0.3, -0.25) is 0 Å². The number of nitrogens with two attached hydrogens (primary N) is 1. The molecule has 2 N–H and O–H groups in total. The van der Waals surface area contributed by atoms with Gasteiger partial charge in [-0.2, -0.15) is 0 Å². The average Bonchev–Trinajstić information content (AvgIpc) is 2.07. The molecule has 0 aliphatic rings. The van der Waals surface area contributed by atoms with Crippen LogP contribution in [0, 0.1) is 0 Å². The van der Waals surface area contributed by atoms with E-state index in [2.05, 4.69) is 0 Å². The topological polar surface area (TPSA) is 26.0 Å². The van der Waals surface area contributed by atoms with Gasteiger partial charge in [-0.15, -0.1) is 0 Å². The minimum absolute atomic E-state index is 0.503. The predicted octanol–water partition coefficient (Wildman–Crippen LogP) is 2.97. The van der Waals surface area contributed by atoms with Gasteiger partial charge < -0.3 is 5.73 Å². The van der Waals surface area contributed by atoms with E-state index in [1.54, 1.807) is 18.2 Å². The van der Waals surface area contributed by atoms with E-state index >= 15 is 0 Å². The first-order valence-corrected chi connectivity index (χ1v) is 4.31. The smallest absolute Gasteiger partial charge is 0.0479 e. The van der Waals surface area contributed by atoms with E-state index in [-0.39, 0.29) is 0 Å². The Morgan fingerprint density at radius 1 is 1.33 bits per heavy atom. The molecule has 0 saturated heterocycles. The summed E-state index contributed by atoms with van der Waals surface area (Å²) in [6, 6.07) is 5.32. The van der Waals surface area contributed by atoms with Crippen LogP contribution in [0.2, 0.25) is 10.0 Å². The number of halogens is 2. The summed E-state index contributed by atoms with van der Waals surface area (Å²) < 4.78 is 0. The highest BCUT2D eigenvalue weighted by molar-refractivity contribution is 6.34. The number of rotatable bonds is 2. The molecule has 0 heterocycles. The quantitative estimate of drug-likeness (QED) is 0.783. The minimum Gasteiger partial charge on any atom is -0.327 e. The fraction of sp³-hybridized carbons (Fsp3) is 0.111. The van der Waals surface area contributed by atoms with Crippen LogP contribution in [0.4, 0.5) is 0 Å². The molecular weight excluding hydrogens is 193 g/mol. The van der Waals surface area contributed by atoms with Gasteiger partial charge in [-0.1, -0.05) is 35.4 Å². The van der Waals surface area contributed by atoms with E-state index in [1.165, 1.54) is 0 Å². The molecule has 0 aliphatic carbocycles. The van der Waals surface area contributed by atoms with Gasteiger partial charge in [0.15, 0.2) is 0 Å². The summed E-state index contributed by atoms with van der Waals surface area (Å²) in [5.74, 6) is 0. The average molecular weight is 202 g/mol. The molecule has 1 nitrogen and oxygen atoms in total. The molecule has 0 saturated carbocycles. The SMILES string of the molecule is NCC=Cc1cc(Cl)ccc1Cl. The van der Waals surface area contributed by atoms with E-state index in [1.807, 2.05) is 12.2 Å². The third-order valence-electron chi connectivity index (χ3n) is 1.39. The van der Waals surface area contributed by atoms with Gasteiger partial charge in [0, 0.05) is 16.6 Å². The third kappa shape index (κ3) is 2.52. The Balaban J connectivity index is 2.97. The number of hydrogen-bond donors (Lipinski definition) is 1. The first kappa shape index (κ1) is 9.59. The van der Waals surface area contributed by atoms with Crippen molar-refractivity contribution in [1.29, 1.82) is 0 Å². The highest BCUT2D eigenvalue weighted by atomic mass is 35.5. The lowest BCUT2D eigenvalue weighted by Crippen LogP contribution is -1.91. The molecule has 0 unspecified atom stereocenters. The maximum Gasteiger partial charge on any atom is 0.0479 e. The molecule has 1 aromatic carbocycles. The van der Waals surface area contributed by atoms with E-state index in [0.717, 1.165) is 5.56 Å². The van der Waals surface area contributed by atoms with Crippen LogP contribution >= 0.6 is 23.2 Å². The molecule has 0 aliphatic heterocycles. The van der Waals surface area contributed by atoms with Gasteiger partial charge in [0.05, 0.1) is 0 Å². The highest BCUT2D eigenvalue weighted by Gasteiger charge is 1.95. The Morgan fingerprint density at radius 2 is 2.08 bits per heavy atom. The van der Waals surface area contributed by atoms with E-state index in [9.17, 15) is 0 Å². The zero-order valence-corrected chi connectivity index (χ0v) is 7.94. The minimum atomic E-state index is 0.503. The van der Waals surface area contributed by atoms with Gasteiger partial charge in [0.2, 0.25) is 0 Å². The second-order valence-corrected chi connectivity index (χ2v) is 3.15. The predicted molar refractivity (Wildman–Crippen MR) is 54.6 cm³/mol. The first-order chi connectivity index (χ1) is 5.74. The molecule has 12 heavy (non-hydrogen) atoms. The molecule has 0 fully saturated rings. The molecule has 0 aromatic heterocycles. The Kier molecular flexibility index (Phi) is 3.60. The fourth-order valence-electron chi connectivity index (χ4n) is 0.837.